The maximum Gasteiger partial charge on any atom is 0.0991 e. The number of hydrogen-bond acceptors (Lipinski definition) is 1. The first-order valence-corrected chi connectivity index (χ1v) is 9.19. The molecular weight excluding hydrogens is 278 g/mol. The van der Waals surface area contributed by atoms with E-state index >= 15 is 0 Å². The van der Waals surface area contributed by atoms with E-state index in [0.29, 0.717) is 0 Å². The molecule has 0 radical (unpaired) electrons. The predicted molar refractivity (Wildman–Crippen MR) is 96.7 cm³/mol. The fourth-order valence-corrected chi connectivity index (χ4v) is 4.25. The Balaban J connectivity index is 1.56. The van der Waals surface area contributed by atoms with Gasteiger partial charge in [0.15, 0.2) is 0 Å². The maximum absolute atomic E-state index is 8.89. The Kier molecular flexibility index (Phi) is 5.34. The molecule has 0 spiro atoms. The van der Waals surface area contributed by atoms with Gasteiger partial charge >= 0.3 is 0 Å². The van der Waals surface area contributed by atoms with Crippen LogP contribution in [0.4, 0.5) is 0 Å². The van der Waals surface area contributed by atoms with E-state index in [2.05, 4.69) is 43.4 Å². The monoisotopic (exact) mass is 305 g/mol. The highest BCUT2D eigenvalue weighted by Gasteiger charge is 2.26. The van der Waals surface area contributed by atoms with Crippen LogP contribution in [-0.2, 0) is 0 Å². The van der Waals surface area contributed by atoms with Crippen LogP contribution < -0.4 is 0 Å². The molecule has 0 saturated heterocycles. The van der Waals surface area contributed by atoms with Crippen LogP contribution in [0.1, 0.15) is 63.0 Å². The van der Waals surface area contributed by atoms with E-state index < -0.39 is 0 Å². The van der Waals surface area contributed by atoms with E-state index in [1.54, 1.807) is 0 Å². The van der Waals surface area contributed by atoms with Gasteiger partial charge in [-0.2, -0.15) is 5.26 Å². The second-order valence-corrected chi connectivity index (χ2v) is 7.18. The number of rotatable bonds is 4. The molecule has 1 nitrogen and oxygen atoms in total. The van der Waals surface area contributed by atoms with Gasteiger partial charge in [-0.3, -0.25) is 0 Å². The Morgan fingerprint density at radius 2 is 1.83 bits per heavy atom. The third kappa shape index (κ3) is 3.94. The van der Waals surface area contributed by atoms with Crippen molar-refractivity contribution in [1.82, 2.24) is 0 Å². The Hall–Kier alpha value is -1.81. The van der Waals surface area contributed by atoms with E-state index in [0.717, 1.165) is 23.3 Å². The summed E-state index contributed by atoms with van der Waals surface area (Å²) in [5, 5.41) is 8.89. The predicted octanol–water partition coefficient (Wildman–Crippen LogP) is 6.12. The van der Waals surface area contributed by atoms with Crippen molar-refractivity contribution in [3.05, 3.63) is 53.6 Å². The highest BCUT2D eigenvalue weighted by Crippen LogP contribution is 2.39. The van der Waals surface area contributed by atoms with E-state index in [9.17, 15) is 0 Å². The summed E-state index contributed by atoms with van der Waals surface area (Å²) in [6.45, 7) is 2.31. The SMILES string of the molecule is CCC[C@H]1CC[C@H](C2C=CC(c3ccc(C#N)cc3)=CC2)CC1. The van der Waals surface area contributed by atoms with Gasteiger partial charge in [0.25, 0.3) is 0 Å². The smallest absolute Gasteiger partial charge is 0.0991 e. The van der Waals surface area contributed by atoms with Crippen molar-refractivity contribution in [2.45, 2.75) is 51.9 Å². The number of benzene rings is 1. The molecule has 120 valence electrons. The molecule has 2 aliphatic carbocycles. The minimum absolute atomic E-state index is 0.732. The molecule has 1 fully saturated rings. The zero-order valence-electron chi connectivity index (χ0n) is 14.2. The van der Waals surface area contributed by atoms with Crippen molar-refractivity contribution in [2.75, 3.05) is 0 Å². The Morgan fingerprint density at radius 1 is 1.09 bits per heavy atom. The summed E-state index contributed by atoms with van der Waals surface area (Å²) in [6, 6.07) is 10.1. The van der Waals surface area contributed by atoms with Crippen molar-refractivity contribution in [2.24, 2.45) is 17.8 Å². The second kappa shape index (κ2) is 7.64. The highest BCUT2D eigenvalue weighted by molar-refractivity contribution is 5.75. The molecule has 1 saturated carbocycles. The van der Waals surface area contributed by atoms with Gasteiger partial charge in [-0.05, 0) is 60.3 Å². The molecule has 0 amide bonds. The molecule has 0 aliphatic heterocycles. The number of hydrogen-bond donors (Lipinski definition) is 0. The summed E-state index contributed by atoms with van der Waals surface area (Å²) in [6.07, 6.45) is 16.8. The van der Waals surface area contributed by atoms with Crippen LogP contribution in [0.15, 0.2) is 42.5 Å². The topological polar surface area (TPSA) is 23.8 Å². The Morgan fingerprint density at radius 3 is 2.39 bits per heavy atom. The van der Waals surface area contributed by atoms with Crippen LogP contribution in [0, 0.1) is 29.1 Å². The first-order chi connectivity index (χ1) is 11.3. The molecule has 3 rings (SSSR count). The van der Waals surface area contributed by atoms with Crippen LogP contribution in [0.25, 0.3) is 5.57 Å². The van der Waals surface area contributed by atoms with Crippen molar-refractivity contribution in [3.63, 3.8) is 0 Å². The minimum atomic E-state index is 0.732. The largest absolute Gasteiger partial charge is 0.192 e. The first kappa shape index (κ1) is 16.1. The van der Waals surface area contributed by atoms with Gasteiger partial charge in [-0.25, -0.2) is 0 Å². The van der Waals surface area contributed by atoms with Crippen LogP contribution in [0.2, 0.25) is 0 Å². The first-order valence-electron chi connectivity index (χ1n) is 9.19. The van der Waals surface area contributed by atoms with Crippen LogP contribution in [0.5, 0.6) is 0 Å². The lowest BCUT2D eigenvalue weighted by Crippen LogP contribution is -2.21. The fourth-order valence-electron chi connectivity index (χ4n) is 4.25. The van der Waals surface area contributed by atoms with Crippen molar-refractivity contribution >= 4 is 5.57 Å². The van der Waals surface area contributed by atoms with E-state index in [4.69, 9.17) is 5.26 Å². The molecule has 1 aromatic carbocycles. The maximum atomic E-state index is 8.89. The van der Waals surface area contributed by atoms with E-state index in [-0.39, 0.29) is 0 Å². The molecule has 1 atom stereocenters. The average Bonchev–Trinajstić information content (AvgIpc) is 2.63. The standard InChI is InChI=1S/C22H27N/c1-2-3-17-4-8-19(9-5-17)21-12-14-22(15-13-21)20-10-6-18(16-23)7-11-20/h6-7,10-12,14-15,17,19,21H,2-5,8-9,13H2,1H3/t17-,19-,21?. The molecule has 1 aromatic rings. The summed E-state index contributed by atoms with van der Waals surface area (Å²) < 4.78 is 0. The molecule has 0 aromatic heterocycles. The third-order valence-corrected chi connectivity index (χ3v) is 5.67. The number of nitrogens with zero attached hydrogens (tertiary/aromatic N) is 1. The molecule has 0 bridgehead atoms. The fraction of sp³-hybridized carbons (Fsp3) is 0.500. The van der Waals surface area contributed by atoms with Crippen molar-refractivity contribution < 1.29 is 0 Å². The highest BCUT2D eigenvalue weighted by atomic mass is 14.3. The second-order valence-electron chi connectivity index (χ2n) is 7.18. The molecule has 0 N–H and O–H groups in total. The third-order valence-electron chi connectivity index (χ3n) is 5.67. The van der Waals surface area contributed by atoms with E-state index in [1.165, 1.54) is 56.1 Å². The summed E-state index contributed by atoms with van der Waals surface area (Å²) >= 11 is 0. The Bertz CT molecular complexity index is 606. The molecule has 0 heterocycles. The molecule has 23 heavy (non-hydrogen) atoms. The van der Waals surface area contributed by atoms with Gasteiger partial charge in [0, 0.05) is 0 Å². The molecule has 1 heteroatoms. The van der Waals surface area contributed by atoms with Gasteiger partial charge in [-0.1, -0.05) is 63.0 Å². The quantitative estimate of drug-likeness (QED) is 0.657. The van der Waals surface area contributed by atoms with Crippen LogP contribution >= 0.6 is 0 Å². The molecule has 1 unspecified atom stereocenters. The summed E-state index contributed by atoms with van der Waals surface area (Å²) in [7, 11) is 0. The van der Waals surface area contributed by atoms with Crippen molar-refractivity contribution in [3.8, 4) is 6.07 Å². The number of nitriles is 1. The summed E-state index contributed by atoms with van der Waals surface area (Å²) in [5.41, 5.74) is 3.27. The Labute approximate surface area is 140 Å². The lowest BCUT2D eigenvalue weighted by Gasteiger charge is -2.33. The zero-order valence-corrected chi connectivity index (χ0v) is 14.2. The van der Waals surface area contributed by atoms with Gasteiger partial charge in [-0.15, -0.1) is 0 Å². The van der Waals surface area contributed by atoms with Gasteiger partial charge in [0.05, 0.1) is 11.6 Å². The summed E-state index contributed by atoms with van der Waals surface area (Å²) in [4.78, 5) is 0. The normalized spacial score (nSPS) is 27.3. The van der Waals surface area contributed by atoms with Gasteiger partial charge in [0.1, 0.15) is 0 Å². The van der Waals surface area contributed by atoms with E-state index in [1.807, 2.05) is 12.1 Å². The molecular formula is C22H27N. The zero-order chi connectivity index (χ0) is 16.1. The lowest BCUT2D eigenvalue weighted by atomic mass is 9.72. The van der Waals surface area contributed by atoms with Crippen LogP contribution in [0.3, 0.4) is 0 Å². The number of allylic oxidation sites excluding steroid dienone is 4. The minimum Gasteiger partial charge on any atom is -0.192 e. The average molecular weight is 305 g/mol. The van der Waals surface area contributed by atoms with Gasteiger partial charge < -0.3 is 0 Å². The lowest BCUT2D eigenvalue weighted by molar-refractivity contribution is 0.221. The summed E-state index contributed by atoms with van der Waals surface area (Å²) in [5.74, 6) is 2.62. The molecule has 2 aliphatic rings. The van der Waals surface area contributed by atoms with Crippen LogP contribution in [-0.4, -0.2) is 0 Å². The van der Waals surface area contributed by atoms with Crippen molar-refractivity contribution in [1.29, 1.82) is 5.26 Å². The van der Waals surface area contributed by atoms with Gasteiger partial charge in [0.2, 0.25) is 0 Å².